The summed E-state index contributed by atoms with van der Waals surface area (Å²) in [6.07, 6.45) is 3.65. The number of carboxylic acids is 1. The Morgan fingerprint density at radius 3 is 2.74 bits per heavy atom. The molecule has 0 aromatic carbocycles. The average molecular weight is 264 g/mol. The minimum absolute atomic E-state index is 0.186. The van der Waals surface area contributed by atoms with Crippen molar-refractivity contribution >= 4 is 11.9 Å². The van der Waals surface area contributed by atoms with E-state index in [0.29, 0.717) is 6.54 Å². The van der Waals surface area contributed by atoms with E-state index in [1.807, 2.05) is 18.2 Å². The van der Waals surface area contributed by atoms with Crippen molar-refractivity contribution in [2.24, 2.45) is 0 Å². The van der Waals surface area contributed by atoms with E-state index in [1.54, 1.807) is 11.1 Å². The Morgan fingerprint density at radius 1 is 1.37 bits per heavy atom. The number of nitrogens with zero attached hydrogens (tertiary/aromatic N) is 2. The van der Waals surface area contributed by atoms with Crippen molar-refractivity contribution in [2.75, 3.05) is 13.2 Å². The second-order valence-electron chi connectivity index (χ2n) is 4.46. The monoisotopic (exact) mass is 264 g/mol. The van der Waals surface area contributed by atoms with Gasteiger partial charge in [-0.05, 0) is 25.0 Å². The van der Waals surface area contributed by atoms with Crippen LogP contribution in [-0.4, -0.2) is 46.1 Å². The van der Waals surface area contributed by atoms with Gasteiger partial charge in [0.05, 0.1) is 12.2 Å². The molecular weight excluding hydrogens is 248 g/mol. The van der Waals surface area contributed by atoms with E-state index < -0.39 is 12.6 Å². The number of hydrogen-bond acceptors (Lipinski definition) is 4. The first-order valence-corrected chi connectivity index (χ1v) is 6.15. The molecule has 0 atom stereocenters. The van der Waals surface area contributed by atoms with Gasteiger partial charge in [-0.1, -0.05) is 6.07 Å². The Kier molecular flexibility index (Phi) is 4.46. The zero-order valence-electron chi connectivity index (χ0n) is 10.5. The smallest absolute Gasteiger partial charge is 0.329 e. The highest BCUT2D eigenvalue weighted by atomic mass is 16.5. The average Bonchev–Trinajstić information content (AvgIpc) is 3.21. The van der Waals surface area contributed by atoms with Crippen molar-refractivity contribution < 1.29 is 19.4 Å². The Bertz CT molecular complexity index is 445. The van der Waals surface area contributed by atoms with Gasteiger partial charge in [0.15, 0.2) is 0 Å². The third-order valence-electron chi connectivity index (χ3n) is 2.82. The molecule has 1 aliphatic rings. The zero-order valence-corrected chi connectivity index (χ0v) is 10.5. The van der Waals surface area contributed by atoms with Gasteiger partial charge in [-0.25, -0.2) is 4.79 Å². The Hall–Kier alpha value is -1.95. The predicted octanol–water partition coefficient (Wildman–Crippen LogP) is 0.674. The molecule has 1 amide bonds. The van der Waals surface area contributed by atoms with Crippen molar-refractivity contribution in [3.63, 3.8) is 0 Å². The molecule has 0 aliphatic heterocycles. The molecule has 19 heavy (non-hydrogen) atoms. The first kappa shape index (κ1) is 13.5. The lowest BCUT2D eigenvalue weighted by Gasteiger charge is -2.21. The zero-order chi connectivity index (χ0) is 13.7. The van der Waals surface area contributed by atoms with Gasteiger partial charge in [-0.15, -0.1) is 0 Å². The summed E-state index contributed by atoms with van der Waals surface area (Å²) in [6.45, 7) is -0.204. The number of ether oxygens (including phenoxy) is 1. The van der Waals surface area contributed by atoms with Crippen LogP contribution in [0.15, 0.2) is 24.4 Å². The normalized spacial score (nSPS) is 14.1. The summed E-state index contributed by atoms with van der Waals surface area (Å²) in [5, 5.41) is 8.46. The summed E-state index contributed by atoms with van der Waals surface area (Å²) in [7, 11) is 0. The Labute approximate surface area is 111 Å². The van der Waals surface area contributed by atoms with E-state index >= 15 is 0 Å². The Balaban J connectivity index is 1.89. The van der Waals surface area contributed by atoms with Gasteiger partial charge < -0.3 is 14.7 Å². The quantitative estimate of drug-likeness (QED) is 0.783. The number of carboxylic acid groups (broad SMARTS) is 1. The highest BCUT2D eigenvalue weighted by Crippen LogP contribution is 2.28. The van der Waals surface area contributed by atoms with Gasteiger partial charge in [-0.2, -0.15) is 0 Å². The number of hydrogen-bond donors (Lipinski definition) is 1. The number of carbonyl (C=O) groups excluding carboxylic acids is 1. The first-order chi connectivity index (χ1) is 9.16. The van der Waals surface area contributed by atoms with Crippen molar-refractivity contribution in [3.05, 3.63) is 30.1 Å². The summed E-state index contributed by atoms with van der Waals surface area (Å²) in [5.74, 6) is -1.26. The molecule has 1 aromatic rings. The van der Waals surface area contributed by atoms with Crippen LogP contribution in [0.5, 0.6) is 0 Å². The van der Waals surface area contributed by atoms with E-state index in [2.05, 4.69) is 4.98 Å². The molecule has 1 aromatic heterocycles. The van der Waals surface area contributed by atoms with Gasteiger partial charge in [0, 0.05) is 12.2 Å². The van der Waals surface area contributed by atoms with Gasteiger partial charge >= 0.3 is 5.97 Å². The van der Waals surface area contributed by atoms with Crippen LogP contribution in [0.4, 0.5) is 0 Å². The Morgan fingerprint density at radius 2 is 2.16 bits per heavy atom. The summed E-state index contributed by atoms with van der Waals surface area (Å²) in [4.78, 5) is 28.2. The van der Waals surface area contributed by atoms with Crippen molar-refractivity contribution in [1.82, 2.24) is 9.88 Å². The molecule has 6 heteroatoms. The largest absolute Gasteiger partial charge is 0.480 e. The van der Waals surface area contributed by atoms with Gasteiger partial charge in [0.1, 0.15) is 13.2 Å². The fraction of sp³-hybridized carbons (Fsp3) is 0.462. The van der Waals surface area contributed by atoms with E-state index in [1.165, 1.54) is 0 Å². The van der Waals surface area contributed by atoms with Crippen LogP contribution in [-0.2, 0) is 20.9 Å². The summed E-state index contributed by atoms with van der Waals surface area (Å²) < 4.78 is 4.84. The summed E-state index contributed by atoms with van der Waals surface area (Å²) >= 11 is 0. The van der Waals surface area contributed by atoms with E-state index in [9.17, 15) is 9.59 Å². The van der Waals surface area contributed by atoms with Gasteiger partial charge in [0.25, 0.3) is 0 Å². The number of amides is 1. The maximum Gasteiger partial charge on any atom is 0.329 e. The number of pyridine rings is 1. The molecule has 1 heterocycles. The van der Waals surface area contributed by atoms with Crippen LogP contribution in [0, 0.1) is 0 Å². The summed E-state index contributed by atoms with van der Waals surface area (Å²) in [6, 6.07) is 5.80. The van der Waals surface area contributed by atoms with Crippen LogP contribution in [0.2, 0.25) is 0 Å². The molecule has 0 bridgehead atoms. The SMILES string of the molecule is O=C(O)COCC(=O)N(Cc1ccccn1)C1CC1. The highest BCUT2D eigenvalue weighted by Gasteiger charge is 2.32. The van der Waals surface area contributed by atoms with Crippen LogP contribution in [0.25, 0.3) is 0 Å². The van der Waals surface area contributed by atoms with E-state index in [-0.39, 0.29) is 18.6 Å². The van der Waals surface area contributed by atoms with Gasteiger partial charge in [-0.3, -0.25) is 9.78 Å². The van der Waals surface area contributed by atoms with E-state index in [0.717, 1.165) is 18.5 Å². The molecule has 1 saturated carbocycles. The topological polar surface area (TPSA) is 79.7 Å². The molecule has 2 rings (SSSR count). The number of aliphatic carboxylic acids is 1. The van der Waals surface area contributed by atoms with Crippen LogP contribution >= 0.6 is 0 Å². The standard InChI is InChI=1S/C13H16N2O4/c16-12(8-19-9-13(17)18)15(11-4-5-11)7-10-3-1-2-6-14-10/h1-3,6,11H,4-5,7-9H2,(H,17,18). The van der Waals surface area contributed by atoms with Crippen molar-refractivity contribution in [2.45, 2.75) is 25.4 Å². The van der Waals surface area contributed by atoms with Crippen LogP contribution in [0.3, 0.4) is 0 Å². The third-order valence-corrected chi connectivity index (χ3v) is 2.82. The van der Waals surface area contributed by atoms with Crippen LogP contribution in [0.1, 0.15) is 18.5 Å². The minimum atomic E-state index is -1.07. The van der Waals surface area contributed by atoms with Crippen molar-refractivity contribution in [3.8, 4) is 0 Å². The second-order valence-corrected chi connectivity index (χ2v) is 4.46. The first-order valence-electron chi connectivity index (χ1n) is 6.15. The molecule has 6 nitrogen and oxygen atoms in total. The molecule has 0 unspecified atom stereocenters. The maximum atomic E-state index is 12.0. The molecular formula is C13H16N2O4. The third kappa shape index (κ3) is 4.33. The lowest BCUT2D eigenvalue weighted by atomic mass is 10.3. The molecule has 1 N–H and O–H groups in total. The second kappa shape index (κ2) is 6.29. The van der Waals surface area contributed by atoms with Crippen LogP contribution < -0.4 is 0 Å². The lowest BCUT2D eigenvalue weighted by Crippen LogP contribution is -2.36. The molecule has 102 valence electrons. The molecule has 1 aliphatic carbocycles. The lowest BCUT2D eigenvalue weighted by molar-refractivity contribution is -0.146. The molecule has 1 fully saturated rings. The van der Waals surface area contributed by atoms with E-state index in [4.69, 9.17) is 9.84 Å². The number of aromatic nitrogens is 1. The fourth-order valence-electron chi connectivity index (χ4n) is 1.78. The maximum absolute atomic E-state index is 12.0. The number of carbonyl (C=O) groups is 2. The number of rotatable bonds is 7. The minimum Gasteiger partial charge on any atom is -0.480 e. The molecule has 0 spiro atoms. The fourth-order valence-corrected chi connectivity index (χ4v) is 1.78. The van der Waals surface area contributed by atoms with Gasteiger partial charge in [0.2, 0.25) is 5.91 Å². The highest BCUT2D eigenvalue weighted by molar-refractivity contribution is 5.78. The predicted molar refractivity (Wildman–Crippen MR) is 66.3 cm³/mol. The molecule has 0 radical (unpaired) electrons. The van der Waals surface area contributed by atoms with Crippen molar-refractivity contribution in [1.29, 1.82) is 0 Å². The summed E-state index contributed by atoms with van der Waals surface area (Å²) in [5.41, 5.74) is 0.820. The molecule has 0 saturated heterocycles.